The quantitative estimate of drug-likeness (QED) is 0.132. The lowest BCUT2D eigenvalue weighted by atomic mass is 10.1. The van der Waals surface area contributed by atoms with Crippen LogP contribution in [0, 0.1) is 11.3 Å². The highest BCUT2D eigenvalue weighted by atomic mass is 35.5. The number of aromatic nitrogens is 3. The smallest absolute Gasteiger partial charge is 0.203 e. The number of ether oxygens (including phenoxy) is 3. The molecule has 0 aliphatic heterocycles. The lowest BCUT2D eigenvalue weighted by Gasteiger charge is -2.15. The average Bonchev–Trinajstić information content (AvgIpc) is 3.40. The maximum Gasteiger partial charge on any atom is 0.203 e. The van der Waals surface area contributed by atoms with Gasteiger partial charge in [0, 0.05) is 27.9 Å². The van der Waals surface area contributed by atoms with Crippen LogP contribution in [0.1, 0.15) is 11.1 Å². The van der Waals surface area contributed by atoms with E-state index in [0.717, 1.165) is 9.90 Å². The van der Waals surface area contributed by atoms with Gasteiger partial charge in [0.05, 0.1) is 27.0 Å². The van der Waals surface area contributed by atoms with Gasteiger partial charge in [0.2, 0.25) is 5.75 Å². The van der Waals surface area contributed by atoms with Crippen molar-refractivity contribution in [2.75, 3.05) is 21.3 Å². The maximum absolute atomic E-state index is 10.1. The fourth-order valence-electron chi connectivity index (χ4n) is 3.16. The minimum absolute atomic E-state index is 0.343. The number of hydrogen-bond acceptors (Lipinski definition) is 10. The van der Waals surface area contributed by atoms with Gasteiger partial charge >= 0.3 is 0 Å². The van der Waals surface area contributed by atoms with Crippen LogP contribution in [-0.2, 0) is 5.75 Å². The molecule has 0 amide bonds. The molecular weight excluding hydrogens is 524 g/mol. The molecule has 0 bridgehead atoms. The van der Waals surface area contributed by atoms with Gasteiger partial charge in [-0.2, -0.15) is 5.26 Å². The summed E-state index contributed by atoms with van der Waals surface area (Å²) in [5.74, 6) is 2.03. The Hall–Kier alpha value is -2.97. The Morgan fingerprint density at radius 1 is 1.03 bits per heavy atom. The molecule has 0 unspecified atom stereocenters. The van der Waals surface area contributed by atoms with E-state index in [1.807, 2.05) is 29.6 Å². The van der Waals surface area contributed by atoms with Crippen molar-refractivity contribution in [2.45, 2.75) is 20.3 Å². The van der Waals surface area contributed by atoms with Crippen molar-refractivity contribution in [1.82, 2.24) is 15.0 Å². The Bertz CT molecular complexity index is 1330. The molecule has 0 atom stereocenters. The molecule has 4 rings (SSSR count). The lowest BCUT2D eigenvalue weighted by molar-refractivity contribution is 0.324. The van der Waals surface area contributed by atoms with Gasteiger partial charge in [-0.25, -0.2) is 15.0 Å². The van der Waals surface area contributed by atoms with Crippen LogP contribution in [0.15, 0.2) is 62.5 Å². The van der Waals surface area contributed by atoms with Crippen LogP contribution in [0.3, 0.4) is 0 Å². The second-order valence-electron chi connectivity index (χ2n) is 6.88. The third-order valence-electron chi connectivity index (χ3n) is 4.78. The van der Waals surface area contributed by atoms with Crippen molar-refractivity contribution in [3.05, 3.63) is 64.1 Å². The maximum atomic E-state index is 10.1. The fourth-order valence-corrected chi connectivity index (χ4v) is 5.75. The molecule has 0 saturated heterocycles. The van der Waals surface area contributed by atoms with E-state index in [-0.39, 0.29) is 0 Å². The number of halogens is 1. The van der Waals surface area contributed by atoms with Gasteiger partial charge in [-0.3, -0.25) is 0 Å². The average molecular weight is 543 g/mol. The summed E-state index contributed by atoms with van der Waals surface area (Å²) in [4.78, 5) is 13.8. The molecule has 4 aromatic rings. The van der Waals surface area contributed by atoms with Gasteiger partial charge in [0.15, 0.2) is 21.0 Å². The molecule has 0 N–H and O–H groups in total. The third kappa shape index (κ3) is 5.82. The first-order chi connectivity index (χ1) is 17.1. The topological polar surface area (TPSA) is 90.2 Å². The van der Waals surface area contributed by atoms with Crippen LogP contribution >= 0.6 is 46.5 Å². The van der Waals surface area contributed by atoms with Crippen LogP contribution in [-0.4, -0.2) is 36.3 Å². The Morgan fingerprint density at radius 3 is 2.31 bits per heavy atom. The summed E-state index contributed by atoms with van der Waals surface area (Å²) in [6.45, 7) is 0. The zero-order valence-corrected chi connectivity index (χ0v) is 22.1. The Morgan fingerprint density at radius 2 is 1.74 bits per heavy atom. The van der Waals surface area contributed by atoms with E-state index in [9.17, 15) is 5.26 Å². The van der Waals surface area contributed by atoms with Crippen molar-refractivity contribution in [3.63, 3.8) is 0 Å². The highest BCUT2D eigenvalue weighted by Gasteiger charge is 2.22. The molecular formula is C24H19ClN4O3S3. The Balaban J connectivity index is 1.82. The summed E-state index contributed by atoms with van der Waals surface area (Å²) in [5.41, 5.74) is 2.54. The number of nitriles is 1. The van der Waals surface area contributed by atoms with Crippen molar-refractivity contribution < 1.29 is 14.2 Å². The summed E-state index contributed by atoms with van der Waals surface area (Å²) in [7, 11) is 4.63. The van der Waals surface area contributed by atoms with Gasteiger partial charge < -0.3 is 14.2 Å². The number of nitrogens with zero attached hydrogens (tertiary/aromatic N) is 4. The third-order valence-corrected chi connectivity index (χ3v) is 7.82. The first-order valence-electron chi connectivity index (χ1n) is 10.1. The molecule has 11 heteroatoms. The molecule has 0 fully saturated rings. The van der Waals surface area contributed by atoms with Gasteiger partial charge in [-0.05, 0) is 41.6 Å². The second kappa shape index (κ2) is 11.6. The van der Waals surface area contributed by atoms with Crippen molar-refractivity contribution >= 4 is 46.5 Å². The zero-order valence-electron chi connectivity index (χ0n) is 18.9. The van der Waals surface area contributed by atoms with E-state index in [1.165, 1.54) is 34.9 Å². The molecule has 0 radical (unpaired) electrons. The number of rotatable bonds is 9. The van der Waals surface area contributed by atoms with E-state index < -0.39 is 0 Å². The predicted octanol–water partition coefficient (Wildman–Crippen LogP) is 6.59. The SMILES string of the molecule is COc1cc(-c2nc(SCc3ccc(Cl)cc3)nc(Sc3nccs3)c2C#N)cc(OC)c1OC. The van der Waals surface area contributed by atoms with Crippen LogP contribution in [0.5, 0.6) is 17.2 Å². The van der Waals surface area contributed by atoms with E-state index in [2.05, 4.69) is 11.1 Å². The molecule has 178 valence electrons. The normalized spacial score (nSPS) is 10.6. The van der Waals surface area contributed by atoms with Gasteiger partial charge in [0.1, 0.15) is 16.7 Å². The summed E-state index contributed by atoms with van der Waals surface area (Å²) in [6.07, 6.45) is 1.72. The second-order valence-corrected chi connectivity index (χ2v) is 10.4. The summed E-state index contributed by atoms with van der Waals surface area (Å²) >= 11 is 10.3. The molecule has 35 heavy (non-hydrogen) atoms. The standard InChI is InChI=1S/C24H19ClN4O3S3/c1-30-18-10-15(11-19(31-2)21(18)32-3)20-17(12-26)22(35-24-27-8-9-33-24)29-23(28-20)34-13-14-4-6-16(25)7-5-14/h4-11H,13H2,1-3H3. The minimum Gasteiger partial charge on any atom is -0.493 e. The monoisotopic (exact) mass is 542 g/mol. The van der Waals surface area contributed by atoms with Crippen LogP contribution < -0.4 is 14.2 Å². The molecule has 0 spiro atoms. The number of methoxy groups -OCH3 is 3. The first-order valence-corrected chi connectivity index (χ1v) is 13.2. The van der Waals surface area contributed by atoms with Gasteiger partial charge in [-0.1, -0.05) is 35.5 Å². The first kappa shape index (κ1) is 25.1. The number of thiazole rings is 1. The largest absolute Gasteiger partial charge is 0.493 e. The van der Waals surface area contributed by atoms with E-state index in [1.54, 1.807) is 39.7 Å². The number of benzene rings is 2. The minimum atomic E-state index is 0.343. The van der Waals surface area contributed by atoms with Crippen molar-refractivity contribution in [3.8, 4) is 34.6 Å². The van der Waals surface area contributed by atoms with Gasteiger partial charge in [-0.15, -0.1) is 11.3 Å². The Labute approximate surface area is 220 Å². The zero-order chi connectivity index (χ0) is 24.8. The highest BCUT2D eigenvalue weighted by molar-refractivity contribution is 8.01. The Kier molecular flexibility index (Phi) is 8.36. The molecule has 2 aromatic heterocycles. The molecule has 7 nitrogen and oxygen atoms in total. The van der Waals surface area contributed by atoms with Crippen LogP contribution in [0.2, 0.25) is 5.02 Å². The molecule has 0 saturated carbocycles. The number of hydrogen-bond donors (Lipinski definition) is 0. The van der Waals surface area contributed by atoms with Crippen LogP contribution in [0.4, 0.5) is 0 Å². The van der Waals surface area contributed by atoms with Crippen molar-refractivity contribution in [2.24, 2.45) is 0 Å². The highest BCUT2D eigenvalue weighted by Crippen LogP contribution is 2.43. The summed E-state index contributed by atoms with van der Waals surface area (Å²) in [5, 5.41) is 13.7. The molecule has 2 heterocycles. The lowest BCUT2D eigenvalue weighted by Crippen LogP contribution is -2.01. The summed E-state index contributed by atoms with van der Waals surface area (Å²) < 4.78 is 17.3. The van der Waals surface area contributed by atoms with Crippen LogP contribution in [0.25, 0.3) is 11.3 Å². The van der Waals surface area contributed by atoms with E-state index >= 15 is 0 Å². The van der Waals surface area contributed by atoms with E-state index in [4.69, 9.17) is 35.8 Å². The molecule has 0 aliphatic rings. The predicted molar refractivity (Wildman–Crippen MR) is 139 cm³/mol. The molecule has 2 aromatic carbocycles. The fraction of sp³-hybridized carbons (Fsp3) is 0.167. The van der Waals surface area contributed by atoms with Crippen molar-refractivity contribution in [1.29, 1.82) is 5.26 Å². The summed E-state index contributed by atoms with van der Waals surface area (Å²) in [6, 6.07) is 13.5. The van der Waals surface area contributed by atoms with E-state index in [0.29, 0.717) is 55.0 Å². The number of thioether (sulfide) groups is 1. The van der Waals surface area contributed by atoms with Gasteiger partial charge in [0.25, 0.3) is 0 Å². The molecule has 0 aliphatic carbocycles.